The number of halogens is 3. The van der Waals surface area contributed by atoms with Gasteiger partial charge >= 0.3 is 12.1 Å². The van der Waals surface area contributed by atoms with E-state index in [0.717, 1.165) is 12.1 Å². The standard InChI is InChI=1S/C21H23F3N2O5S/c1-20(2,19(27)28)31-17-6-8-18(9-7-17)32(29,30)26-12-10-25(11-13-26)16-5-3-4-15(14-16)21(22,23)24/h3-9,14H,10-13H2,1-2H3,(H,27,28). The Balaban J connectivity index is 1.68. The number of hydrogen-bond acceptors (Lipinski definition) is 5. The fourth-order valence-corrected chi connectivity index (χ4v) is 4.65. The predicted molar refractivity (Wildman–Crippen MR) is 111 cm³/mol. The highest BCUT2D eigenvalue weighted by Gasteiger charge is 2.33. The summed E-state index contributed by atoms with van der Waals surface area (Å²) in [7, 11) is -3.82. The summed E-state index contributed by atoms with van der Waals surface area (Å²) in [6.07, 6.45) is -4.45. The van der Waals surface area contributed by atoms with Crippen LogP contribution >= 0.6 is 0 Å². The molecule has 174 valence electrons. The van der Waals surface area contributed by atoms with E-state index in [1.54, 1.807) is 11.0 Å². The SMILES string of the molecule is CC(C)(Oc1ccc(S(=O)(=O)N2CCN(c3cccc(C(F)(F)F)c3)CC2)cc1)C(=O)O. The lowest BCUT2D eigenvalue weighted by atomic mass is 10.1. The van der Waals surface area contributed by atoms with Crippen LogP contribution in [0.15, 0.2) is 53.4 Å². The van der Waals surface area contributed by atoms with E-state index in [9.17, 15) is 26.4 Å². The second-order valence-electron chi connectivity index (χ2n) is 7.83. The zero-order valence-electron chi connectivity index (χ0n) is 17.5. The molecule has 1 aliphatic heterocycles. The van der Waals surface area contributed by atoms with Crippen molar-refractivity contribution < 1.29 is 36.2 Å². The average molecular weight is 472 g/mol. The van der Waals surface area contributed by atoms with Gasteiger partial charge in [-0.05, 0) is 56.3 Å². The van der Waals surface area contributed by atoms with E-state index in [2.05, 4.69) is 0 Å². The molecule has 0 radical (unpaired) electrons. The second kappa shape index (κ2) is 8.62. The highest BCUT2D eigenvalue weighted by Crippen LogP contribution is 2.32. The van der Waals surface area contributed by atoms with E-state index in [4.69, 9.17) is 9.84 Å². The molecule has 1 saturated heterocycles. The number of alkyl halides is 3. The maximum Gasteiger partial charge on any atom is 0.416 e. The summed E-state index contributed by atoms with van der Waals surface area (Å²) in [6, 6.07) is 10.4. The summed E-state index contributed by atoms with van der Waals surface area (Å²) in [5, 5.41) is 9.13. The molecule has 0 saturated carbocycles. The van der Waals surface area contributed by atoms with Gasteiger partial charge in [-0.2, -0.15) is 17.5 Å². The Kier molecular flexibility index (Phi) is 6.43. The molecular formula is C21H23F3N2O5S. The van der Waals surface area contributed by atoms with E-state index < -0.39 is 33.3 Å². The number of benzene rings is 2. The van der Waals surface area contributed by atoms with Gasteiger partial charge in [0.2, 0.25) is 10.0 Å². The van der Waals surface area contributed by atoms with Crippen LogP contribution in [0.5, 0.6) is 5.75 Å². The summed E-state index contributed by atoms with van der Waals surface area (Å²) >= 11 is 0. The molecule has 3 rings (SSSR count). The van der Waals surface area contributed by atoms with E-state index in [1.165, 1.54) is 48.5 Å². The summed E-state index contributed by atoms with van der Waals surface area (Å²) in [5.41, 5.74) is -1.84. The molecule has 0 amide bonds. The van der Waals surface area contributed by atoms with Crippen LogP contribution in [-0.4, -0.2) is 55.6 Å². The number of carbonyl (C=O) groups is 1. The van der Waals surface area contributed by atoms with Crippen molar-refractivity contribution in [3.63, 3.8) is 0 Å². The van der Waals surface area contributed by atoms with Crippen molar-refractivity contribution in [2.24, 2.45) is 0 Å². The number of piperazine rings is 1. The first-order valence-electron chi connectivity index (χ1n) is 9.75. The Hall–Kier alpha value is -2.79. The molecule has 32 heavy (non-hydrogen) atoms. The van der Waals surface area contributed by atoms with Gasteiger partial charge in [0, 0.05) is 31.9 Å². The molecule has 2 aromatic carbocycles. The van der Waals surface area contributed by atoms with Crippen LogP contribution < -0.4 is 9.64 Å². The summed E-state index contributed by atoms with van der Waals surface area (Å²) < 4.78 is 71.4. The number of carboxylic acid groups (broad SMARTS) is 1. The maximum atomic E-state index is 13.0. The van der Waals surface area contributed by atoms with Gasteiger partial charge in [-0.15, -0.1) is 0 Å². The number of hydrogen-bond donors (Lipinski definition) is 1. The highest BCUT2D eigenvalue weighted by molar-refractivity contribution is 7.89. The molecule has 0 aliphatic carbocycles. The third-order valence-corrected chi connectivity index (χ3v) is 7.04. The third kappa shape index (κ3) is 5.16. The van der Waals surface area contributed by atoms with Gasteiger partial charge in [-0.3, -0.25) is 0 Å². The zero-order chi connectivity index (χ0) is 23.7. The minimum absolute atomic E-state index is 0.0190. The summed E-state index contributed by atoms with van der Waals surface area (Å²) in [4.78, 5) is 12.9. The topological polar surface area (TPSA) is 87.2 Å². The van der Waals surface area contributed by atoms with Crippen molar-refractivity contribution >= 4 is 21.7 Å². The Morgan fingerprint density at radius 2 is 1.59 bits per heavy atom. The van der Waals surface area contributed by atoms with Crippen LogP contribution in [0, 0.1) is 0 Å². The van der Waals surface area contributed by atoms with Gasteiger partial charge in [0.1, 0.15) is 5.75 Å². The number of carboxylic acids is 1. The number of anilines is 1. The molecule has 0 aromatic heterocycles. The van der Waals surface area contributed by atoms with Gasteiger partial charge in [0.15, 0.2) is 5.60 Å². The smallest absolute Gasteiger partial charge is 0.416 e. The first-order valence-corrected chi connectivity index (χ1v) is 11.2. The molecule has 1 N–H and O–H groups in total. The quantitative estimate of drug-likeness (QED) is 0.693. The molecular weight excluding hydrogens is 449 g/mol. The lowest BCUT2D eigenvalue weighted by molar-refractivity contribution is -0.152. The minimum Gasteiger partial charge on any atom is -0.478 e. The monoisotopic (exact) mass is 472 g/mol. The van der Waals surface area contributed by atoms with Gasteiger partial charge in [0.05, 0.1) is 10.5 Å². The van der Waals surface area contributed by atoms with Crippen LogP contribution in [0.1, 0.15) is 19.4 Å². The molecule has 7 nitrogen and oxygen atoms in total. The highest BCUT2D eigenvalue weighted by atomic mass is 32.2. The van der Waals surface area contributed by atoms with Crippen molar-refractivity contribution in [1.29, 1.82) is 0 Å². The summed E-state index contributed by atoms with van der Waals surface area (Å²) in [6.45, 7) is 3.47. The molecule has 1 fully saturated rings. The first-order chi connectivity index (χ1) is 14.8. The average Bonchev–Trinajstić information content (AvgIpc) is 2.73. The minimum atomic E-state index is -4.45. The van der Waals surface area contributed by atoms with Crippen molar-refractivity contribution in [2.45, 2.75) is 30.5 Å². The van der Waals surface area contributed by atoms with Crippen LogP contribution in [0.4, 0.5) is 18.9 Å². The van der Waals surface area contributed by atoms with E-state index >= 15 is 0 Å². The van der Waals surface area contributed by atoms with Gasteiger partial charge in [-0.1, -0.05) is 6.07 Å². The van der Waals surface area contributed by atoms with Crippen molar-refractivity contribution in [1.82, 2.24) is 4.31 Å². The molecule has 0 unspecified atom stereocenters. The number of ether oxygens (including phenoxy) is 1. The molecule has 0 spiro atoms. The number of rotatable bonds is 6. The molecule has 11 heteroatoms. The molecule has 0 bridgehead atoms. The normalized spacial score (nSPS) is 16.1. The fourth-order valence-electron chi connectivity index (χ4n) is 3.23. The van der Waals surface area contributed by atoms with Crippen LogP contribution in [0.25, 0.3) is 0 Å². The van der Waals surface area contributed by atoms with Crippen LogP contribution in [0.3, 0.4) is 0 Å². The van der Waals surface area contributed by atoms with Crippen molar-refractivity contribution in [3.8, 4) is 5.75 Å². The molecule has 1 heterocycles. The fraction of sp³-hybridized carbons (Fsp3) is 0.381. The lowest BCUT2D eigenvalue weighted by Gasteiger charge is -2.35. The van der Waals surface area contributed by atoms with Crippen molar-refractivity contribution in [3.05, 3.63) is 54.1 Å². The Morgan fingerprint density at radius 1 is 1.00 bits per heavy atom. The third-order valence-electron chi connectivity index (χ3n) is 5.13. The van der Waals surface area contributed by atoms with E-state index in [1.807, 2.05) is 0 Å². The van der Waals surface area contributed by atoms with Gasteiger partial charge in [0.25, 0.3) is 0 Å². The second-order valence-corrected chi connectivity index (χ2v) is 9.77. The Bertz CT molecular complexity index is 1080. The summed E-state index contributed by atoms with van der Waals surface area (Å²) in [5.74, 6) is -0.946. The van der Waals surface area contributed by atoms with Gasteiger partial charge in [-0.25, -0.2) is 13.2 Å². The molecule has 2 aromatic rings. The van der Waals surface area contributed by atoms with Gasteiger partial charge < -0.3 is 14.7 Å². The Morgan fingerprint density at radius 3 is 2.12 bits per heavy atom. The number of aliphatic carboxylic acids is 1. The van der Waals surface area contributed by atoms with E-state index in [-0.39, 0.29) is 36.8 Å². The van der Waals surface area contributed by atoms with Crippen LogP contribution in [-0.2, 0) is 21.0 Å². The molecule has 0 atom stereocenters. The number of nitrogens with zero attached hydrogens (tertiary/aromatic N) is 2. The maximum absolute atomic E-state index is 13.0. The van der Waals surface area contributed by atoms with E-state index in [0.29, 0.717) is 5.69 Å². The van der Waals surface area contributed by atoms with Crippen LogP contribution in [0.2, 0.25) is 0 Å². The Labute approximate surface area is 184 Å². The largest absolute Gasteiger partial charge is 0.478 e. The zero-order valence-corrected chi connectivity index (χ0v) is 18.3. The predicted octanol–water partition coefficient (Wildman–Crippen LogP) is 3.46. The first kappa shape index (κ1) is 23.9. The van der Waals surface area contributed by atoms with Crippen molar-refractivity contribution in [2.75, 3.05) is 31.1 Å². The lowest BCUT2D eigenvalue weighted by Crippen LogP contribution is -2.48. The number of sulfonamides is 1. The molecule has 1 aliphatic rings.